The summed E-state index contributed by atoms with van der Waals surface area (Å²) in [5.41, 5.74) is 5.86. The van der Waals surface area contributed by atoms with Gasteiger partial charge in [0.2, 0.25) is 5.91 Å². The van der Waals surface area contributed by atoms with Gasteiger partial charge in [-0.3, -0.25) is 4.79 Å². The Balaban J connectivity index is 2.02. The number of hydrogen-bond donors (Lipinski definition) is 1. The smallest absolute Gasteiger partial charge is 0.339 e. The number of carbonyl (C=O) groups excluding carboxylic acids is 2. The van der Waals surface area contributed by atoms with Crippen molar-refractivity contribution in [1.29, 1.82) is 0 Å². The molecule has 0 aliphatic heterocycles. The average Bonchev–Trinajstić information content (AvgIpc) is 2.72. The van der Waals surface area contributed by atoms with Crippen molar-refractivity contribution in [2.24, 2.45) is 5.41 Å². The monoisotopic (exact) mass is 433 g/mol. The van der Waals surface area contributed by atoms with Crippen LogP contribution in [-0.2, 0) is 9.53 Å². The summed E-state index contributed by atoms with van der Waals surface area (Å²) >= 11 is 0. The van der Waals surface area contributed by atoms with Crippen LogP contribution >= 0.6 is 0 Å². The van der Waals surface area contributed by atoms with E-state index in [1.165, 1.54) is 43.6 Å². The zero-order valence-corrected chi connectivity index (χ0v) is 20.1. The zero-order chi connectivity index (χ0) is 23.7. The molecule has 1 aliphatic rings. The topological polar surface area (TPSA) is 55.4 Å². The number of benzene rings is 1. The van der Waals surface area contributed by atoms with Gasteiger partial charge in [0.15, 0.2) is 0 Å². The summed E-state index contributed by atoms with van der Waals surface area (Å²) in [6, 6.07) is 6.77. The Kier molecular flexibility index (Phi) is 9.01. The molecule has 1 aliphatic carbocycles. The largest absolute Gasteiger partial charge is 0.465 e. The quantitative estimate of drug-likeness (QED) is 0.288. The molecule has 0 atom stereocenters. The third-order valence-corrected chi connectivity index (χ3v) is 5.72. The number of anilines is 1. The Bertz CT molecular complexity index is 1000. The van der Waals surface area contributed by atoms with Crippen molar-refractivity contribution in [1.82, 2.24) is 0 Å². The summed E-state index contributed by atoms with van der Waals surface area (Å²) in [5, 5.41) is 2.74. The Labute approximate surface area is 192 Å². The van der Waals surface area contributed by atoms with Crippen LogP contribution in [0.3, 0.4) is 0 Å². The van der Waals surface area contributed by atoms with Gasteiger partial charge in [0, 0.05) is 6.08 Å². The fourth-order valence-electron chi connectivity index (χ4n) is 3.94. The van der Waals surface area contributed by atoms with E-state index in [0.717, 1.165) is 11.1 Å². The van der Waals surface area contributed by atoms with Crippen LogP contribution < -0.4 is 5.32 Å². The number of rotatable bonds is 7. The van der Waals surface area contributed by atoms with Crippen LogP contribution in [0, 0.1) is 5.41 Å². The Morgan fingerprint density at radius 2 is 1.81 bits per heavy atom. The second-order valence-corrected chi connectivity index (χ2v) is 8.95. The molecule has 0 saturated heterocycles. The first kappa shape index (κ1) is 25.1. The molecule has 1 aromatic rings. The van der Waals surface area contributed by atoms with E-state index in [9.17, 15) is 9.59 Å². The molecule has 0 unspecified atom stereocenters. The summed E-state index contributed by atoms with van der Waals surface area (Å²) in [5.74, 6) is -0.788. The highest BCUT2D eigenvalue weighted by Gasteiger charge is 2.26. The minimum atomic E-state index is -0.488. The molecule has 0 aromatic heterocycles. The van der Waals surface area contributed by atoms with E-state index in [-0.39, 0.29) is 11.3 Å². The third kappa shape index (κ3) is 7.23. The van der Waals surface area contributed by atoms with Crippen molar-refractivity contribution in [3.63, 3.8) is 0 Å². The summed E-state index contributed by atoms with van der Waals surface area (Å²) in [6.45, 7) is 10.8. The highest BCUT2D eigenvalue weighted by atomic mass is 16.5. The lowest BCUT2D eigenvalue weighted by atomic mass is 9.72. The molecule has 0 heterocycles. The molecule has 32 heavy (non-hydrogen) atoms. The third-order valence-electron chi connectivity index (χ3n) is 5.72. The lowest BCUT2D eigenvalue weighted by molar-refractivity contribution is -0.111. The van der Waals surface area contributed by atoms with E-state index in [2.05, 4.69) is 45.2 Å². The van der Waals surface area contributed by atoms with Crippen LogP contribution in [0.15, 0.2) is 83.0 Å². The SMILES string of the molecule is COC(=O)c1ccccc1NC(=O)/C=C(C)/C=C/C=C(C)/C=C/C1=C(C)CCCC1(C)C. The number of amides is 1. The van der Waals surface area contributed by atoms with Gasteiger partial charge in [-0.05, 0) is 68.7 Å². The zero-order valence-electron chi connectivity index (χ0n) is 20.1. The molecule has 1 amide bonds. The molecular weight excluding hydrogens is 398 g/mol. The molecule has 4 heteroatoms. The first-order valence-corrected chi connectivity index (χ1v) is 11.0. The number of nitrogens with one attached hydrogen (secondary N) is 1. The average molecular weight is 434 g/mol. The number of allylic oxidation sites excluding steroid dienone is 9. The number of para-hydroxylation sites is 1. The van der Waals surface area contributed by atoms with Gasteiger partial charge in [0.1, 0.15) is 0 Å². The molecule has 4 nitrogen and oxygen atoms in total. The number of methoxy groups -OCH3 is 1. The highest BCUT2D eigenvalue weighted by molar-refractivity contribution is 6.05. The van der Waals surface area contributed by atoms with Gasteiger partial charge < -0.3 is 10.1 Å². The van der Waals surface area contributed by atoms with E-state index in [0.29, 0.717) is 11.3 Å². The van der Waals surface area contributed by atoms with E-state index in [4.69, 9.17) is 4.74 Å². The van der Waals surface area contributed by atoms with Crippen LogP contribution in [-0.4, -0.2) is 19.0 Å². The molecule has 2 rings (SSSR count). The fraction of sp³-hybridized carbons (Fsp3) is 0.357. The lowest BCUT2D eigenvalue weighted by Gasteiger charge is -2.32. The molecule has 1 aromatic carbocycles. The maximum Gasteiger partial charge on any atom is 0.339 e. The first-order valence-electron chi connectivity index (χ1n) is 11.0. The predicted octanol–water partition coefficient (Wildman–Crippen LogP) is 6.94. The van der Waals surface area contributed by atoms with Crippen LogP contribution in [0.5, 0.6) is 0 Å². The number of ether oxygens (including phenoxy) is 1. The van der Waals surface area contributed by atoms with Gasteiger partial charge in [0.25, 0.3) is 0 Å². The minimum absolute atomic E-state index is 0.230. The molecule has 0 fully saturated rings. The highest BCUT2D eigenvalue weighted by Crippen LogP contribution is 2.40. The van der Waals surface area contributed by atoms with E-state index < -0.39 is 5.97 Å². The number of carbonyl (C=O) groups is 2. The van der Waals surface area contributed by atoms with Crippen molar-refractivity contribution in [2.45, 2.75) is 53.9 Å². The maximum absolute atomic E-state index is 12.3. The van der Waals surface area contributed by atoms with Crippen LogP contribution in [0.2, 0.25) is 0 Å². The van der Waals surface area contributed by atoms with Gasteiger partial charge in [0.05, 0.1) is 18.4 Å². The van der Waals surface area contributed by atoms with Crippen molar-refractivity contribution >= 4 is 17.6 Å². The second kappa shape index (κ2) is 11.5. The van der Waals surface area contributed by atoms with Crippen molar-refractivity contribution < 1.29 is 14.3 Å². The molecule has 0 radical (unpaired) electrons. The predicted molar refractivity (Wildman–Crippen MR) is 133 cm³/mol. The van der Waals surface area contributed by atoms with Crippen LogP contribution in [0.25, 0.3) is 0 Å². The molecule has 170 valence electrons. The van der Waals surface area contributed by atoms with Gasteiger partial charge in [-0.25, -0.2) is 4.79 Å². The summed E-state index contributed by atoms with van der Waals surface area (Å²) < 4.78 is 4.76. The van der Waals surface area contributed by atoms with Crippen molar-refractivity contribution in [3.8, 4) is 0 Å². The minimum Gasteiger partial charge on any atom is -0.465 e. The number of esters is 1. The van der Waals surface area contributed by atoms with Crippen LogP contribution in [0.4, 0.5) is 5.69 Å². The molecule has 0 bridgehead atoms. The standard InChI is InChI=1S/C28H35NO3/c1-20(16-17-24-22(3)13-10-18-28(24,4)5)11-9-12-21(2)19-26(30)29-25-15-8-7-14-23(25)27(31)32-6/h7-9,11-12,14-17,19H,10,13,18H2,1-6H3,(H,29,30)/b12-9+,17-16+,20-11+,21-19+. The van der Waals surface area contributed by atoms with Gasteiger partial charge in [-0.2, -0.15) is 0 Å². The first-order chi connectivity index (χ1) is 15.1. The second-order valence-electron chi connectivity index (χ2n) is 8.95. The van der Waals surface area contributed by atoms with Gasteiger partial charge >= 0.3 is 5.97 Å². The summed E-state index contributed by atoms with van der Waals surface area (Å²) in [4.78, 5) is 24.2. The maximum atomic E-state index is 12.3. The van der Waals surface area contributed by atoms with E-state index >= 15 is 0 Å². The van der Waals surface area contributed by atoms with Gasteiger partial charge in [-0.1, -0.05) is 67.5 Å². The number of hydrogen-bond acceptors (Lipinski definition) is 3. The van der Waals surface area contributed by atoms with Crippen molar-refractivity contribution in [2.75, 3.05) is 12.4 Å². The van der Waals surface area contributed by atoms with Crippen molar-refractivity contribution in [3.05, 3.63) is 88.6 Å². The molecule has 0 saturated carbocycles. The van der Waals surface area contributed by atoms with E-state index in [1.807, 2.05) is 25.2 Å². The lowest BCUT2D eigenvalue weighted by Crippen LogP contribution is -2.19. The van der Waals surface area contributed by atoms with Gasteiger partial charge in [-0.15, -0.1) is 0 Å². The Morgan fingerprint density at radius 1 is 1.09 bits per heavy atom. The summed E-state index contributed by atoms with van der Waals surface area (Å²) in [7, 11) is 1.31. The normalized spacial score (nSPS) is 17.2. The van der Waals surface area contributed by atoms with Crippen LogP contribution in [0.1, 0.15) is 64.2 Å². The fourth-order valence-corrected chi connectivity index (χ4v) is 3.94. The molecular formula is C28H35NO3. The Hall–Kier alpha value is -3.14. The molecule has 0 spiro atoms. The van der Waals surface area contributed by atoms with E-state index in [1.54, 1.807) is 24.3 Å². The molecule has 1 N–H and O–H groups in total. The summed E-state index contributed by atoms with van der Waals surface area (Å²) in [6.07, 6.45) is 15.4. The Morgan fingerprint density at radius 3 is 2.50 bits per heavy atom.